The van der Waals surface area contributed by atoms with Gasteiger partial charge in [-0.1, -0.05) is 65.7 Å². The van der Waals surface area contributed by atoms with Crippen LogP contribution < -0.4 is 0 Å². The van der Waals surface area contributed by atoms with Crippen molar-refractivity contribution in [3.05, 3.63) is 76.6 Å². The van der Waals surface area contributed by atoms with Crippen LogP contribution in [0.25, 0.3) is 0 Å². The van der Waals surface area contributed by atoms with E-state index in [2.05, 4.69) is 61.9 Å². The molecule has 6 heteroatoms. The van der Waals surface area contributed by atoms with Crippen LogP contribution in [-0.2, 0) is 5.41 Å². The first kappa shape index (κ1) is 18.1. The van der Waals surface area contributed by atoms with Gasteiger partial charge >= 0.3 is 0 Å². The van der Waals surface area contributed by atoms with E-state index in [0.717, 1.165) is 36.6 Å². The number of piperidine rings is 1. The summed E-state index contributed by atoms with van der Waals surface area (Å²) in [6.45, 7) is 3.32. The van der Waals surface area contributed by atoms with Crippen LogP contribution in [0.2, 0.25) is 5.02 Å². The highest BCUT2D eigenvalue weighted by molar-refractivity contribution is 6.30. The lowest BCUT2D eigenvalue weighted by Gasteiger charge is -2.35. The number of likely N-dealkylation sites (tertiary alicyclic amines) is 1. The van der Waals surface area contributed by atoms with E-state index in [1.165, 1.54) is 24.8 Å². The Morgan fingerprint density at radius 1 is 0.926 bits per heavy atom. The highest BCUT2D eigenvalue weighted by Gasteiger charge is 2.40. The van der Waals surface area contributed by atoms with Gasteiger partial charge in [0.15, 0.2) is 5.82 Å². The van der Waals surface area contributed by atoms with E-state index in [-0.39, 0.29) is 0 Å². The maximum atomic E-state index is 6.17. The molecule has 0 radical (unpaired) electrons. The van der Waals surface area contributed by atoms with Gasteiger partial charge in [-0.05, 0) is 62.2 Å². The van der Waals surface area contributed by atoms with E-state index in [0.29, 0.717) is 5.82 Å². The summed E-state index contributed by atoms with van der Waals surface area (Å²) in [7, 11) is 0. The Kier molecular flexibility index (Phi) is 5.50. The Bertz CT molecular complexity index is 829. The third kappa shape index (κ3) is 3.75. The molecule has 1 atom stereocenters. The van der Waals surface area contributed by atoms with Gasteiger partial charge in [-0.25, -0.2) is 0 Å². The molecule has 5 nitrogen and oxygen atoms in total. The average Bonchev–Trinajstić information content (AvgIpc) is 3.26. The maximum Gasteiger partial charge on any atom is 0.189 e. The normalized spacial score (nSPS) is 17.5. The molecule has 27 heavy (non-hydrogen) atoms. The molecule has 0 amide bonds. The number of tetrazole rings is 1. The van der Waals surface area contributed by atoms with E-state index < -0.39 is 5.41 Å². The zero-order valence-corrected chi connectivity index (χ0v) is 16.1. The summed E-state index contributed by atoms with van der Waals surface area (Å²) in [5.41, 5.74) is 1.85. The van der Waals surface area contributed by atoms with Crippen molar-refractivity contribution in [3.8, 4) is 0 Å². The van der Waals surface area contributed by atoms with Crippen LogP contribution in [-0.4, -0.2) is 45.2 Å². The molecule has 4 rings (SSSR count). The Labute approximate surface area is 164 Å². The summed E-state index contributed by atoms with van der Waals surface area (Å²) < 4.78 is 0. The van der Waals surface area contributed by atoms with E-state index in [1.807, 2.05) is 18.2 Å². The second kappa shape index (κ2) is 8.19. The van der Waals surface area contributed by atoms with Crippen molar-refractivity contribution in [2.45, 2.75) is 31.1 Å². The van der Waals surface area contributed by atoms with Gasteiger partial charge in [0.25, 0.3) is 0 Å². The highest BCUT2D eigenvalue weighted by atomic mass is 35.5. The minimum Gasteiger partial charge on any atom is -0.303 e. The molecular weight excluding hydrogens is 358 g/mol. The quantitative estimate of drug-likeness (QED) is 0.699. The Morgan fingerprint density at radius 2 is 1.63 bits per heavy atom. The minimum atomic E-state index is -0.462. The first-order valence-electron chi connectivity index (χ1n) is 9.57. The van der Waals surface area contributed by atoms with E-state index in [4.69, 9.17) is 11.6 Å². The predicted molar refractivity (Wildman–Crippen MR) is 107 cm³/mol. The standard InChI is InChI=1S/C21H24ClN5/c22-19-11-9-18(10-12-19)21(20-23-25-26-24-20,17-7-3-1-4-8-17)13-16-27-14-5-2-6-15-27/h1,3-4,7-12H,2,5-6,13-16H2,(H,23,24,25,26). The van der Waals surface area contributed by atoms with Gasteiger partial charge in [-0.3, -0.25) is 0 Å². The fourth-order valence-electron chi connectivity index (χ4n) is 4.13. The lowest BCUT2D eigenvalue weighted by atomic mass is 9.71. The van der Waals surface area contributed by atoms with E-state index >= 15 is 0 Å². The third-order valence-corrected chi connectivity index (χ3v) is 5.83. The maximum absolute atomic E-state index is 6.17. The largest absolute Gasteiger partial charge is 0.303 e. The zero-order chi connectivity index (χ0) is 18.5. The number of H-pyrrole nitrogens is 1. The molecule has 0 aliphatic carbocycles. The molecule has 1 unspecified atom stereocenters. The summed E-state index contributed by atoms with van der Waals surface area (Å²) in [6.07, 6.45) is 4.78. The number of aromatic amines is 1. The van der Waals surface area contributed by atoms with Gasteiger partial charge in [-0.2, -0.15) is 5.21 Å². The molecule has 3 aromatic rings. The Balaban J connectivity index is 1.79. The smallest absolute Gasteiger partial charge is 0.189 e. The second-order valence-corrected chi connectivity index (χ2v) is 7.60. The van der Waals surface area contributed by atoms with E-state index in [9.17, 15) is 0 Å². The Morgan fingerprint density at radius 3 is 2.30 bits per heavy atom. The van der Waals surface area contributed by atoms with Crippen LogP contribution >= 0.6 is 11.6 Å². The fourth-order valence-corrected chi connectivity index (χ4v) is 4.26. The third-order valence-electron chi connectivity index (χ3n) is 5.58. The van der Waals surface area contributed by atoms with Gasteiger partial charge in [0.05, 0.1) is 5.41 Å². The summed E-state index contributed by atoms with van der Waals surface area (Å²) in [5, 5.41) is 16.1. The molecule has 1 fully saturated rings. The average molecular weight is 382 g/mol. The number of halogens is 1. The molecule has 0 spiro atoms. The van der Waals surface area contributed by atoms with Gasteiger partial charge in [0.1, 0.15) is 0 Å². The van der Waals surface area contributed by atoms with Crippen molar-refractivity contribution in [2.24, 2.45) is 0 Å². The first-order chi connectivity index (χ1) is 13.3. The predicted octanol–water partition coefficient (Wildman–Crippen LogP) is 4.06. The van der Waals surface area contributed by atoms with Crippen LogP contribution in [0.1, 0.15) is 42.6 Å². The van der Waals surface area contributed by atoms with Crippen LogP contribution in [0.4, 0.5) is 0 Å². The summed E-state index contributed by atoms with van der Waals surface area (Å²) in [6, 6.07) is 18.5. The molecule has 1 saturated heterocycles. The monoisotopic (exact) mass is 381 g/mol. The van der Waals surface area contributed by atoms with Gasteiger partial charge < -0.3 is 4.90 Å². The van der Waals surface area contributed by atoms with Crippen molar-refractivity contribution >= 4 is 11.6 Å². The topological polar surface area (TPSA) is 57.7 Å². The number of benzene rings is 2. The molecule has 1 aliphatic heterocycles. The van der Waals surface area contributed by atoms with Crippen molar-refractivity contribution in [3.63, 3.8) is 0 Å². The number of aromatic nitrogens is 4. The zero-order valence-electron chi connectivity index (χ0n) is 15.3. The van der Waals surface area contributed by atoms with Gasteiger partial charge in [-0.15, -0.1) is 10.2 Å². The number of nitrogens with one attached hydrogen (secondary N) is 1. The summed E-state index contributed by atoms with van der Waals surface area (Å²) >= 11 is 6.17. The van der Waals surface area contributed by atoms with E-state index in [1.54, 1.807) is 0 Å². The van der Waals surface area contributed by atoms with Crippen LogP contribution in [0.5, 0.6) is 0 Å². The molecule has 2 aromatic carbocycles. The lowest BCUT2D eigenvalue weighted by molar-refractivity contribution is 0.215. The Hall–Kier alpha value is -2.24. The van der Waals surface area contributed by atoms with Crippen LogP contribution in [0.3, 0.4) is 0 Å². The molecule has 0 saturated carbocycles. The fraction of sp³-hybridized carbons (Fsp3) is 0.381. The SMILES string of the molecule is Clc1ccc(C(CCN2CCCCC2)(c2ccccc2)c2nn[nH]n2)cc1. The first-order valence-corrected chi connectivity index (χ1v) is 9.95. The van der Waals surface area contributed by atoms with Crippen LogP contribution in [0, 0.1) is 0 Å². The lowest BCUT2D eigenvalue weighted by Crippen LogP contribution is -2.38. The molecule has 0 bridgehead atoms. The number of hydrogen-bond acceptors (Lipinski definition) is 4. The number of rotatable bonds is 6. The molecule has 1 aliphatic rings. The number of nitrogens with zero attached hydrogens (tertiary/aromatic N) is 4. The summed E-state index contributed by atoms with van der Waals surface area (Å²) in [5.74, 6) is 0.702. The highest BCUT2D eigenvalue weighted by Crippen LogP contribution is 2.40. The molecule has 2 heterocycles. The molecule has 1 aromatic heterocycles. The van der Waals surface area contributed by atoms with Crippen molar-refractivity contribution < 1.29 is 0 Å². The molecule has 1 N–H and O–H groups in total. The molecule has 140 valence electrons. The minimum absolute atomic E-state index is 0.462. The van der Waals surface area contributed by atoms with Crippen molar-refractivity contribution in [1.29, 1.82) is 0 Å². The van der Waals surface area contributed by atoms with Gasteiger partial charge in [0, 0.05) is 5.02 Å². The number of hydrogen-bond donors (Lipinski definition) is 1. The van der Waals surface area contributed by atoms with Crippen molar-refractivity contribution in [1.82, 2.24) is 25.5 Å². The molecular formula is C21H24ClN5. The summed E-state index contributed by atoms with van der Waals surface area (Å²) in [4.78, 5) is 2.55. The van der Waals surface area contributed by atoms with Crippen molar-refractivity contribution in [2.75, 3.05) is 19.6 Å². The second-order valence-electron chi connectivity index (χ2n) is 7.17. The van der Waals surface area contributed by atoms with Gasteiger partial charge in [0.2, 0.25) is 0 Å². The van der Waals surface area contributed by atoms with Crippen LogP contribution in [0.15, 0.2) is 54.6 Å².